The molecule has 0 saturated heterocycles. The second kappa shape index (κ2) is 6.54. The predicted octanol–water partition coefficient (Wildman–Crippen LogP) is 3.66. The van der Waals surface area contributed by atoms with Crippen molar-refractivity contribution in [3.63, 3.8) is 0 Å². The fraction of sp³-hybridized carbons (Fsp3) is 0.143. The van der Waals surface area contributed by atoms with Crippen molar-refractivity contribution in [2.24, 2.45) is 5.92 Å². The molecule has 0 fully saturated rings. The molecule has 132 valence electrons. The lowest BCUT2D eigenvalue weighted by Crippen LogP contribution is -2.31. The van der Waals surface area contributed by atoms with Gasteiger partial charge in [-0.3, -0.25) is 10.4 Å². The number of fused-ring (bicyclic) bond motifs is 3. The Balaban J connectivity index is 1.94. The van der Waals surface area contributed by atoms with Gasteiger partial charge in [-0.05, 0) is 23.8 Å². The molecule has 1 N–H and O–H groups in total. The molecule has 0 aliphatic carbocycles. The third-order valence-electron chi connectivity index (χ3n) is 4.73. The van der Waals surface area contributed by atoms with Crippen molar-refractivity contribution in [2.45, 2.75) is 5.92 Å². The SMILES string of the molecule is COC(=O)c1cccc(C2c3ccc4cccnc4c3OC(=N)C2C#N)c1. The summed E-state index contributed by atoms with van der Waals surface area (Å²) in [4.78, 5) is 16.3. The van der Waals surface area contributed by atoms with Crippen LogP contribution in [0.25, 0.3) is 10.9 Å². The van der Waals surface area contributed by atoms with E-state index in [-0.39, 0.29) is 5.90 Å². The zero-order chi connectivity index (χ0) is 19.0. The van der Waals surface area contributed by atoms with E-state index in [1.807, 2.05) is 30.3 Å². The Hall–Kier alpha value is -3.72. The number of benzene rings is 2. The fourth-order valence-electron chi connectivity index (χ4n) is 3.47. The maximum Gasteiger partial charge on any atom is 0.337 e. The second-order valence-electron chi connectivity index (χ2n) is 6.23. The molecular weight excluding hydrogens is 342 g/mol. The Morgan fingerprint density at radius 3 is 2.89 bits per heavy atom. The van der Waals surface area contributed by atoms with Crippen LogP contribution in [0.5, 0.6) is 5.75 Å². The van der Waals surface area contributed by atoms with E-state index in [0.29, 0.717) is 16.8 Å². The van der Waals surface area contributed by atoms with Crippen LogP contribution in [0.4, 0.5) is 0 Å². The summed E-state index contributed by atoms with van der Waals surface area (Å²) >= 11 is 0. The first-order chi connectivity index (χ1) is 13.1. The van der Waals surface area contributed by atoms with E-state index in [1.165, 1.54) is 7.11 Å². The molecule has 2 aromatic carbocycles. The van der Waals surface area contributed by atoms with Gasteiger partial charge in [0.15, 0.2) is 5.75 Å². The van der Waals surface area contributed by atoms with Crippen molar-refractivity contribution in [1.82, 2.24) is 4.98 Å². The number of nitriles is 1. The summed E-state index contributed by atoms with van der Waals surface area (Å²) in [6, 6.07) is 16.7. The number of ether oxygens (including phenoxy) is 2. The third kappa shape index (κ3) is 2.70. The minimum Gasteiger partial charge on any atom is -0.465 e. The van der Waals surface area contributed by atoms with Gasteiger partial charge in [-0.25, -0.2) is 4.79 Å². The van der Waals surface area contributed by atoms with Crippen molar-refractivity contribution >= 4 is 22.8 Å². The quantitative estimate of drug-likeness (QED) is 0.706. The highest BCUT2D eigenvalue weighted by Crippen LogP contribution is 2.44. The maximum absolute atomic E-state index is 11.9. The monoisotopic (exact) mass is 357 g/mol. The molecule has 0 bridgehead atoms. The fourth-order valence-corrected chi connectivity index (χ4v) is 3.47. The molecule has 3 aromatic rings. The summed E-state index contributed by atoms with van der Waals surface area (Å²) < 4.78 is 10.5. The lowest BCUT2D eigenvalue weighted by atomic mass is 9.78. The Kier molecular flexibility index (Phi) is 4.05. The van der Waals surface area contributed by atoms with Crippen LogP contribution in [-0.4, -0.2) is 24.0 Å². The molecule has 6 heteroatoms. The number of methoxy groups -OCH3 is 1. The lowest BCUT2D eigenvalue weighted by molar-refractivity contribution is 0.0600. The van der Waals surface area contributed by atoms with Gasteiger partial charge in [0.1, 0.15) is 11.4 Å². The number of rotatable bonds is 2. The van der Waals surface area contributed by atoms with Crippen molar-refractivity contribution in [1.29, 1.82) is 10.7 Å². The molecule has 27 heavy (non-hydrogen) atoms. The normalized spacial score (nSPS) is 18.3. The summed E-state index contributed by atoms with van der Waals surface area (Å²) in [6.07, 6.45) is 1.67. The lowest BCUT2D eigenvalue weighted by Gasteiger charge is -2.31. The second-order valence-corrected chi connectivity index (χ2v) is 6.23. The molecule has 2 unspecified atom stereocenters. The summed E-state index contributed by atoms with van der Waals surface area (Å²) in [5.74, 6) is -1.34. The zero-order valence-corrected chi connectivity index (χ0v) is 14.5. The van der Waals surface area contributed by atoms with Gasteiger partial charge in [-0.1, -0.05) is 30.3 Å². The molecule has 0 saturated carbocycles. The summed E-state index contributed by atoms with van der Waals surface area (Å²) in [6.45, 7) is 0. The topological polar surface area (TPSA) is 96.1 Å². The van der Waals surface area contributed by atoms with Crippen LogP contribution in [0.3, 0.4) is 0 Å². The van der Waals surface area contributed by atoms with E-state index in [2.05, 4.69) is 11.1 Å². The number of aromatic nitrogens is 1. The van der Waals surface area contributed by atoms with Crippen LogP contribution in [0.1, 0.15) is 27.4 Å². The summed E-state index contributed by atoms with van der Waals surface area (Å²) in [5.41, 5.74) is 2.55. The van der Waals surface area contributed by atoms with E-state index < -0.39 is 17.8 Å². The minimum atomic E-state index is -0.799. The number of hydrogen-bond donors (Lipinski definition) is 1. The minimum absolute atomic E-state index is 0.128. The van der Waals surface area contributed by atoms with Crippen LogP contribution >= 0.6 is 0 Å². The Bertz CT molecular complexity index is 1120. The first-order valence-corrected chi connectivity index (χ1v) is 8.36. The Morgan fingerprint density at radius 2 is 2.11 bits per heavy atom. The maximum atomic E-state index is 11.9. The molecule has 1 aliphatic rings. The highest BCUT2D eigenvalue weighted by atomic mass is 16.5. The van der Waals surface area contributed by atoms with Crippen molar-refractivity contribution in [3.05, 3.63) is 71.4 Å². The van der Waals surface area contributed by atoms with Crippen LogP contribution in [0.2, 0.25) is 0 Å². The van der Waals surface area contributed by atoms with Gasteiger partial charge in [-0.15, -0.1) is 0 Å². The standard InChI is InChI=1S/C21H15N3O3/c1-26-21(25)14-5-2-4-13(10-14)17-15-8-7-12-6-3-9-24-18(12)19(15)27-20(23)16(17)11-22/h2-10,16-17,23H,1H3. The molecule has 2 heterocycles. The average molecular weight is 357 g/mol. The first kappa shape index (κ1) is 16.7. The van der Waals surface area contributed by atoms with E-state index >= 15 is 0 Å². The van der Waals surface area contributed by atoms with Crippen LogP contribution in [0, 0.1) is 22.7 Å². The number of carbonyl (C=O) groups is 1. The van der Waals surface area contributed by atoms with E-state index in [4.69, 9.17) is 14.9 Å². The molecule has 6 nitrogen and oxygen atoms in total. The highest BCUT2D eigenvalue weighted by molar-refractivity contribution is 5.94. The molecule has 4 rings (SSSR count). The number of carbonyl (C=O) groups excluding carboxylic acids is 1. The summed E-state index contributed by atoms with van der Waals surface area (Å²) in [7, 11) is 1.32. The summed E-state index contributed by atoms with van der Waals surface area (Å²) in [5, 5.41) is 18.8. The van der Waals surface area contributed by atoms with Gasteiger partial charge in [-0.2, -0.15) is 5.26 Å². The van der Waals surface area contributed by atoms with Crippen LogP contribution in [-0.2, 0) is 4.74 Å². The highest BCUT2D eigenvalue weighted by Gasteiger charge is 2.38. The van der Waals surface area contributed by atoms with Gasteiger partial charge in [0.05, 0.1) is 18.7 Å². The molecule has 1 aromatic heterocycles. The van der Waals surface area contributed by atoms with Crippen molar-refractivity contribution < 1.29 is 14.3 Å². The molecule has 0 spiro atoms. The average Bonchev–Trinajstić information content (AvgIpc) is 2.72. The number of hydrogen-bond acceptors (Lipinski definition) is 6. The van der Waals surface area contributed by atoms with Crippen LogP contribution < -0.4 is 4.74 Å². The molecule has 2 atom stereocenters. The largest absolute Gasteiger partial charge is 0.465 e. The first-order valence-electron chi connectivity index (χ1n) is 8.36. The van der Waals surface area contributed by atoms with Crippen molar-refractivity contribution in [2.75, 3.05) is 7.11 Å². The Labute approximate surface area is 155 Å². The van der Waals surface area contributed by atoms with E-state index in [0.717, 1.165) is 16.5 Å². The molecule has 0 amide bonds. The Morgan fingerprint density at radius 1 is 1.26 bits per heavy atom. The number of pyridine rings is 1. The van der Waals surface area contributed by atoms with Gasteiger partial charge in [0.25, 0.3) is 0 Å². The van der Waals surface area contributed by atoms with Gasteiger partial charge < -0.3 is 9.47 Å². The van der Waals surface area contributed by atoms with Gasteiger partial charge in [0.2, 0.25) is 5.90 Å². The number of esters is 1. The molecular formula is C21H15N3O3. The van der Waals surface area contributed by atoms with E-state index in [1.54, 1.807) is 24.4 Å². The molecule has 1 aliphatic heterocycles. The van der Waals surface area contributed by atoms with Gasteiger partial charge >= 0.3 is 5.97 Å². The zero-order valence-electron chi connectivity index (χ0n) is 14.5. The third-order valence-corrected chi connectivity index (χ3v) is 4.73. The van der Waals surface area contributed by atoms with Gasteiger partial charge in [0, 0.05) is 23.1 Å². The smallest absolute Gasteiger partial charge is 0.337 e. The van der Waals surface area contributed by atoms with Crippen LogP contribution in [0.15, 0.2) is 54.7 Å². The number of nitrogens with zero attached hydrogens (tertiary/aromatic N) is 2. The van der Waals surface area contributed by atoms with Crippen molar-refractivity contribution in [3.8, 4) is 11.8 Å². The number of nitrogens with one attached hydrogen (secondary N) is 1. The predicted molar refractivity (Wildman–Crippen MR) is 98.8 cm³/mol. The van der Waals surface area contributed by atoms with E-state index in [9.17, 15) is 10.1 Å². The molecule has 0 radical (unpaired) electrons.